The molecule has 1 saturated heterocycles. The van der Waals surface area contributed by atoms with E-state index < -0.39 is 5.82 Å². The van der Waals surface area contributed by atoms with Gasteiger partial charge in [0.15, 0.2) is 11.6 Å². The molecule has 0 bridgehead atoms. The number of rotatable bonds is 5. The summed E-state index contributed by atoms with van der Waals surface area (Å²) in [5.74, 6) is -0.192. The molecule has 0 saturated carbocycles. The van der Waals surface area contributed by atoms with Crippen molar-refractivity contribution >= 4 is 11.4 Å². The van der Waals surface area contributed by atoms with Gasteiger partial charge in [-0.1, -0.05) is 6.92 Å². The van der Waals surface area contributed by atoms with Crippen molar-refractivity contribution in [3.8, 4) is 5.75 Å². The highest BCUT2D eigenvalue weighted by atomic mass is 19.1. The first kappa shape index (κ1) is 15.9. The standard InChI is InChI=1S/C16H25FN2O2/c1-11(2)21-15-9-14(13(18)8-12(15)17)19-10-16(3)4-6-20-7-5-16/h8-9,11,19H,4-7,10,18H2,1-3H3. The van der Waals surface area contributed by atoms with Gasteiger partial charge in [0.2, 0.25) is 0 Å². The lowest BCUT2D eigenvalue weighted by Crippen LogP contribution is -2.33. The van der Waals surface area contributed by atoms with E-state index in [0.29, 0.717) is 5.69 Å². The summed E-state index contributed by atoms with van der Waals surface area (Å²) in [6.45, 7) is 8.33. The molecule has 21 heavy (non-hydrogen) atoms. The van der Waals surface area contributed by atoms with Gasteiger partial charge in [0.25, 0.3) is 0 Å². The summed E-state index contributed by atoms with van der Waals surface area (Å²) >= 11 is 0. The molecule has 1 heterocycles. The number of ether oxygens (including phenoxy) is 2. The maximum atomic E-state index is 13.8. The second-order valence-electron chi connectivity index (χ2n) is 6.31. The number of anilines is 2. The Kier molecular flexibility index (Phi) is 4.93. The summed E-state index contributed by atoms with van der Waals surface area (Å²) in [4.78, 5) is 0. The first-order chi connectivity index (χ1) is 9.89. The molecule has 0 unspecified atom stereocenters. The van der Waals surface area contributed by atoms with Crippen molar-refractivity contribution in [2.24, 2.45) is 5.41 Å². The normalized spacial score (nSPS) is 17.8. The van der Waals surface area contributed by atoms with Crippen molar-refractivity contribution in [2.45, 2.75) is 39.7 Å². The van der Waals surface area contributed by atoms with E-state index in [-0.39, 0.29) is 17.3 Å². The van der Waals surface area contributed by atoms with E-state index >= 15 is 0 Å². The fourth-order valence-electron chi connectivity index (χ4n) is 2.42. The van der Waals surface area contributed by atoms with Crippen LogP contribution in [0.1, 0.15) is 33.6 Å². The lowest BCUT2D eigenvalue weighted by atomic mass is 9.82. The van der Waals surface area contributed by atoms with Crippen molar-refractivity contribution in [1.29, 1.82) is 0 Å². The minimum atomic E-state index is -0.427. The third-order valence-corrected chi connectivity index (χ3v) is 3.87. The van der Waals surface area contributed by atoms with Crippen molar-refractivity contribution in [2.75, 3.05) is 30.8 Å². The SMILES string of the molecule is CC(C)Oc1cc(NCC2(C)CCOCC2)c(N)cc1F. The van der Waals surface area contributed by atoms with E-state index in [1.807, 2.05) is 13.8 Å². The van der Waals surface area contributed by atoms with Crippen molar-refractivity contribution in [3.63, 3.8) is 0 Å². The number of halogens is 1. The molecule has 0 spiro atoms. The molecule has 118 valence electrons. The molecule has 1 aliphatic heterocycles. The average Bonchev–Trinajstić information content (AvgIpc) is 2.41. The molecule has 1 fully saturated rings. The monoisotopic (exact) mass is 296 g/mol. The zero-order valence-electron chi connectivity index (χ0n) is 13.0. The van der Waals surface area contributed by atoms with Crippen LogP contribution in [-0.2, 0) is 4.74 Å². The smallest absolute Gasteiger partial charge is 0.167 e. The molecule has 3 N–H and O–H groups in total. The van der Waals surface area contributed by atoms with E-state index in [1.165, 1.54) is 6.07 Å². The van der Waals surface area contributed by atoms with Crippen LogP contribution in [0.5, 0.6) is 5.75 Å². The Labute approximate surface area is 125 Å². The van der Waals surface area contributed by atoms with Crippen LogP contribution in [-0.4, -0.2) is 25.9 Å². The largest absolute Gasteiger partial charge is 0.488 e. The molecule has 0 aromatic heterocycles. The third-order valence-electron chi connectivity index (χ3n) is 3.87. The first-order valence-electron chi connectivity index (χ1n) is 7.47. The second kappa shape index (κ2) is 6.52. The van der Waals surface area contributed by atoms with Crippen LogP contribution in [0.15, 0.2) is 12.1 Å². The maximum absolute atomic E-state index is 13.8. The van der Waals surface area contributed by atoms with E-state index in [0.717, 1.165) is 38.3 Å². The van der Waals surface area contributed by atoms with Gasteiger partial charge in [0, 0.05) is 31.9 Å². The van der Waals surface area contributed by atoms with Gasteiger partial charge in [-0.3, -0.25) is 0 Å². The van der Waals surface area contributed by atoms with Gasteiger partial charge in [-0.15, -0.1) is 0 Å². The summed E-state index contributed by atoms with van der Waals surface area (Å²) in [7, 11) is 0. The Morgan fingerprint density at radius 2 is 2.05 bits per heavy atom. The zero-order chi connectivity index (χ0) is 15.5. The molecular formula is C16H25FN2O2. The van der Waals surface area contributed by atoms with E-state index in [1.54, 1.807) is 6.07 Å². The molecule has 5 heteroatoms. The molecule has 1 aromatic carbocycles. The summed E-state index contributed by atoms with van der Waals surface area (Å²) in [6.07, 6.45) is 1.94. The zero-order valence-corrected chi connectivity index (χ0v) is 13.0. The Morgan fingerprint density at radius 3 is 2.67 bits per heavy atom. The number of nitrogens with two attached hydrogens (primary N) is 1. The molecule has 0 aliphatic carbocycles. The Hall–Kier alpha value is -1.49. The summed E-state index contributed by atoms with van der Waals surface area (Å²) in [5, 5.41) is 3.34. The van der Waals surface area contributed by atoms with Crippen LogP contribution in [0.25, 0.3) is 0 Å². The summed E-state index contributed by atoms with van der Waals surface area (Å²) < 4.78 is 24.7. The highest BCUT2D eigenvalue weighted by Gasteiger charge is 2.27. The van der Waals surface area contributed by atoms with Gasteiger partial charge >= 0.3 is 0 Å². The van der Waals surface area contributed by atoms with Gasteiger partial charge < -0.3 is 20.5 Å². The van der Waals surface area contributed by atoms with Crippen LogP contribution in [0, 0.1) is 11.2 Å². The predicted octanol–water partition coefficient (Wildman–Crippen LogP) is 3.42. The highest BCUT2D eigenvalue weighted by Crippen LogP contribution is 2.33. The number of nitrogen functional groups attached to an aromatic ring is 1. The van der Waals surface area contributed by atoms with Crippen molar-refractivity contribution < 1.29 is 13.9 Å². The van der Waals surface area contributed by atoms with Gasteiger partial charge in [-0.05, 0) is 32.1 Å². The second-order valence-corrected chi connectivity index (χ2v) is 6.31. The topological polar surface area (TPSA) is 56.5 Å². The predicted molar refractivity (Wildman–Crippen MR) is 83.2 cm³/mol. The molecular weight excluding hydrogens is 271 g/mol. The molecule has 0 amide bonds. The molecule has 0 radical (unpaired) electrons. The van der Waals surface area contributed by atoms with E-state index in [4.69, 9.17) is 15.2 Å². The maximum Gasteiger partial charge on any atom is 0.167 e. The van der Waals surface area contributed by atoms with Crippen LogP contribution < -0.4 is 15.8 Å². The molecule has 2 rings (SSSR count). The minimum Gasteiger partial charge on any atom is -0.488 e. The van der Waals surface area contributed by atoms with Crippen LogP contribution in [0.3, 0.4) is 0 Å². The van der Waals surface area contributed by atoms with Gasteiger partial charge in [-0.2, -0.15) is 0 Å². The molecule has 1 aliphatic rings. The fraction of sp³-hybridized carbons (Fsp3) is 0.625. The number of hydrogen-bond acceptors (Lipinski definition) is 4. The Morgan fingerprint density at radius 1 is 1.38 bits per heavy atom. The van der Waals surface area contributed by atoms with E-state index in [9.17, 15) is 4.39 Å². The minimum absolute atomic E-state index is 0.0796. The summed E-state index contributed by atoms with van der Waals surface area (Å²) in [6, 6.07) is 2.96. The number of hydrogen-bond donors (Lipinski definition) is 2. The lowest BCUT2D eigenvalue weighted by molar-refractivity contribution is 0.0300. The van der Waals surface area contributed by atoms with Gasteiger partial charge in [0.1, 0.15) is 0 Å². The quantitative estimate of drug-likeness (QED) is 0.817. The van der Waals surface area contributed by atoms with Gasteiger partial charge in [0.05, 0.1) is 17.5 Å². The van der Waals surface area contributed by atoms with Crippen LogP contribution in [0.2, 0.25) is 0 Å². The van der Waals surface area contributed by atoms with Crippen LogP contribution >= 0.6 is 0 Å². The molecule has 0 atom stereocenters. The van der Waals surface area contributed by atoms with Crippen molar-refractivity contribution in [3.05, 3.63) is 17.9 Å². The Bertz CT molecular complexity index is 485. The van der Waals surface area contributed by atoms with Crippen LogP contribution in [0.4, 0.5) is 15.8 Å². The third kappa shape index (κ3) is 4.24. The molecule has 4 nitrogen and oxygen atoms in total. The summed E-state index contributed by atoms with van der Waals surface area (Å²) in [5.41, 5.74) is 7.20. The van der Waals surface area contributed by atoms with Crippen molar-refractivity contribution in [1.82, 2.24) is 0 Å². The highest BCUT2D eigenvalue weighted by molar-refractivity contribution is 5.68. The molecule has 1 aromatic rings. The van der Waals surface area contributed by atoms with E-state index in [2.05, 4.69) is 12.2 Å². The lowest BCUT2D eigenvalue weighted by Gasteiger charge is -2.34. The first-order valence-corrected chi connectivity index (χ1v) is 7.47. The van der Waals surface area contributed by atoms with Gasteiger partial charge in [-0.25, -0.2) is 4.39 Å². The fourth-order valence-corrected chi connectivity index (χ4v) is 2.42. The number of nitrogens with one attached hydrogen (secondary N) is 1. The Balaban J connectivity index is 2.08. The number of benzene rings is 1. The average molecular weight is 296 g/mol.